The van der Waals surface area contributed by atoms with Crippen molar-refractivity contribution in [1.82, 2.24) is 4.90 Å². The van der Waals surface area contributed by atoms with Crippen molar-refractivity contribution in [3.63, 3.8) is 0 Å². The molecule has 24 heavy (non-hydrogen) atoms. The van der Waals surface area contributed by atoms with Crippen LogP contribution >= 0.6 is 0 Å². The second kappa shape index (κ2) is 6.94. The highest BCUT2D eigenvalue weighted by Gasteiger charge is 2.31. The Labute approximate surface area is 138 Å². The number of allylic oxidation sites excluding steroid dienone is 1. The third-order valence-electron chi connectivity index (χ3n) is 4.60. The van der Waals surface area contributed by atoms with Crippen LogP contribution in [0.2, 0.25) is 0 Å². The summed E-state index contributed by atoms with van der Waals surface area (Å²) in [7, 11) is 0. The summed E-state index contributed by atoms with van der Waals surface area (Å²) in [5.74, 6) is -3.71. The minimum absolute atomic E-state index is 0.0514. The van der Waals surface area contributed by atoms with Gasteiger partial charge in [0.15, 0.2) is 11.6 Å². The van der Waals surface area contributed by atoms with Gasteiger partial charge in [0.2, 0.25) is 5.91 Å². The van der Waals surface area contributed by atoms with Crippen LogP contribution in [0.25, 0.3) is 0 Å². The van der Waals surface area contributed by atoms with Crippen molar-refractivity contribution in [3.8, 4) is 0 Å². The fraction of sp³-hybridized carbons (Fsp3) is 0.471. The second-order valence-corrected chi connectivity index (χ2v) is 6.13. The molecule has 0 radical (unpaired) electrons. The molecule has 7 heteroatoms. The van der Waals surface area contributed by atoms with Gasteiger partial charge >= 0.3 is 0 Å². The molecule has 0 unspecified atom stereocenters. The maximum absolute atomic E-state index is 14.0. The van der Waals surface area contributed by atoms with Gasteiger partial charge in [-0.2, -0.15) is 0 Å². The highest BCUT2D eigenvalue weighted by molar-refractivity contribution is 5.93. The van der Waals surface area contributed by atoms with Crippen molar-refractivity contribution < 1.29 is 22.7 Å². The number of amides is 1. The predicted octanol–water partition coefficient (Wildman–Crippen LogP) is 2.09. The Bertz CT molecular complexity index is 672. The van der Waals surface area contributed by atoms with Gasteiger partial charge in [0.25, 0.3) is 0 Å². The molecule has 1 aromatic carbocycles. The summed E-state index contributed by atoms with van der Waals surface area (Å²) in [4.78, 5) is 14.2. The van der Waals surface area contributed by atoms with Crippen LogP contribution in [0.4, 0.5) is 13.2 Å². The van der Waals surface area contributed by atoms with Crippen molar-refractivity contribution >= 4 is 5.91 Å². The number of hydrogen-bond acceptors (Lipinski definition) is 3. The second-order valence-electron chi connectivity index (χ2n) is 6.13. The summed E-state index contributed by atoms with van der Waals surface area (Å²) in [6.45, 7) is 2.08. The van der Waals surface area contributed by atoms with E-state index in [0.29, 0.717) is 44.4 Å². The van der Waals surface area contributed by atoms with E-state index < -0.39 is 29.4 Å². The van der Waals surface area contributed by atoms with E-state index in [1.54, 1.807) is 11.0 Å². The first-order valence-corrected chi connectivity index (χ1v) is 7.93. The van der Waals surface area contributed by atoms with E-state index in [9.17, 15) is 18.0 Å². The molecular formula is C17H19F3N2O2. The molecule has 1 fully saturated rings. The predicted molar refractivity (Wildman–Crippen MR) is 81.7 cm³/mol. The maximum Gasteiger partial charge on any atom is 0.249 e. The van der Waals surface area contributed by atoms with E-state index in [2.05, 4.69) is 0 Å². The summed E-state index contributed by atoms with van der Waals surface area (Å²) in [5.41, 5.74) is 6.74. The summed E-state index contributed by atoms with van der Waals surface area (Å²) >= 11 is 0. The lowest BCUT2D eigenvalue weighted by Crippen LogP contribution is -2.43. The van der Waals surface area contributed by atoms with Crippen molar-refractivity contribution in [2.75, 3.05) is 26.3 Å². The zero-order valence-electron chi connectivity index (χ0n) is 13.1. The number of hydrogen-bond donors (Lipinski definition) is 1. The smallest absolute Gasteiger partial charge is 0.249 e. The van der Waals surface area contributed by atoms with Gasteiger partial charge in [0, 0.05) is 36.7 Å². The van der Waals surface area contributed by atoms with Gasteiger partial charge in [-0.05, 0) is 24.5 Å². The number of halogens is 3. The third-order valence-corrected chi connectivity index (χ3v) is 4.60. The molecule has 1 saturated heterocycles. The Morgan fingerprint density at radius 1 is 1.12 bits per heavy atom. The maximum atomic E-state index is 14.0. The molecule has 1 aliphatic carbocycles. The Kier molecular flexibility index (Phi) is 4.91. The molecule has 0 saturated carbocycles. The van der Waals surface area contributed by atoms with Gasteiger partial charge in [-0.15, -0.1) is 0 Å². The van der Waals surface area contributed by atoms with Crippen LogP contribution < -0.4 is 5.73 Å². The molecule has 0 aromatic heterocycles. The number of benzene rings is 1. The van der Waals surface area contributed by atoms with E-state index in [-0.39, 0.29) is 17.9 Å². The van der Waals surface area contributed by atoms with Gasteiger partial charge in [0.05, 0.1) is 13.2 Å². The summed E-state index contributed by atoms with van der Waals surface area (Å²) in [5, 5.41) is 0. The minimum Gasteiger partial charge on any atom is -0.378 e. The zero-order valence-corrected chi connectivity index (χ0v) is 13.1. The van der Waals surface area contributed by atoms with Gasteiger partial charge in [-0.1, -0.05) is 6.08 Å². The Morgan fingerprint density at radius 3 is 2.46 bits per heavy atom. The Hall–Kier alpha value is -1.86. The monoisotopic (exact) mass is 340 g/mol. The van der Waals surface area contributed by atoms with Crippen molar-refractivity contribution in [2.24, 2.45) is 5.73 Å². The van der Waals surface area contributed by atoms with Crippen LogP contribution in [0.1, 0.15) is 24.3 Å². The average Bonchev–Trinajstić information content (AvgIpc) is 2.58. The lowest BCUT2D eigenvalue weighted by atomic mass is 9.80. The van der Waals surface area contributed by atoms with Crippen LogP contribution in [0.3, 0.4) is 0 Å². The molecule has 1 aliphatic heterocycles. The van der Waals surface area contributed by atoms with Gasteiger partial charge in [0.1, 0.15) is 5.82 Å². The van der Waals surface area contributed by atoms with Crippen LogP contribution in [0.15, 0.2) is 23.8 Å². The number of rotatable bonds is 2. The Balaban J connectivity index is 1.77. The van der Waals surface area contributed by atoms with Crippen LogP contribution in [0, 0.1) is 17.5 Å². The molecule has 3 rings (SSSR count). The zero-order chi connectivity index (χ0) is 17.3. The first kappa shape index (κ1) is 17.0. The van der Waals surface area contributed by atoms with E-state index >= 15 is 0 Å². The molecule has 2 N–H and O–H groups in total. The fourth-order valence-electron chi connectivity index (χ4n) is 3.25. The van der Waals surface area contributed by atoms with Crippen LogP contribution in [-0.2, 0) is 9.53 Å². The average molecular weight is 340 g/mol. The SMILES string of the molecule is N[C@@H]1CC(C(=O)N2CCOCC2)=CC[C@H]1c1cc(F)c(F)cc1F. The Morgan fingerprint density at radius 2 is 1.79 bits per heavy atom. The standard InChI is InChI=1S/C17H19F3N2O2/c18-13-9-15(20)14(19)8-12(13)11-2-1-10(7-16(11)21)17(23)22-3-5-24-6-4-22/h1,8-9,11,16H,2-7,21H2/t11-,16+/m0/s1. The van der Waals surface area contributed by atoms with Crippen molar-refractivity contribution in [3.05, 3.63) is 46.8 Å². The van der Waals surface area contributed by atoms with E-state index in [1.807, 2.05) is 0 Å². The molecular weight excluding hydrogens is 321 g/mol. The molecule has 0 bridgehead atoms. The quantitative estimate of drug-likeness (QED) is 0.839. The van der Waals surface area contributed by atoms with Crippen molar-refractivity contribution in [2.45, 2.75) is 24.8 Å². The summed E-state index contributed by atoms with van der Waals surface area (Å²) < 4.78 is 45.7. The van der Waals surface area contributed by atoms with E-state index in [1.165, 1.54) is 0 Å². The van der Waals surface area contributed by atoms with Crippen molar-refractivity contribution in [1.29, 1.82) is 0 Å². The van der Waals surface area contributed by atoms with Gasteiger partial charge in [-0.25, -0.2) is 13.2 Å². The van der Waals surface area contributed by atoms with E-state index in [0.717, 1.165) is 6.07 Å². The molecule has 1 heterocycles. The molecule has 0 spiro atoms. The highest BCUT2D eigenvalue weighted by atomic mass is 19.2. The first-order chi connectivity index (χ1) is 11.5. The number of carbonyl (C=O) groups is 1. The number of nitrogens with zero attached hydrogens (tertiary/aromatic N) is 1. The number of ether oxygens (including phenoxy) is 1. The molecule has 2 aliphatic rings. The van der Waals surface area contributed by atoms with Crippen LogP contribution in [0.5, 0.6) is 0 Å². The number of morpholine rings is 1. The van der Waals surface area contributed by atoms with Gasteiger partial charge < -0.3 is 15.4 Å². The number of nitrogens with two attached hydrogens (primary N) is 1. The minimum atomic E-state index is -1.22. The first-order valence-electron chi connectivity index (χ1n) is 7.93. The molecule has 4 nitrogen and oxygen atoms in total. The normalized spacial score (nSPS) is 24.7. The number of carbonyl (C=O) groups excluding carboxylic acids is 1. The fourth-order valence-corrected chi connectivity index (χ4v) is 3.25. The molecule has 1 amide bonds. The molecule has 2 atom stereocenters. The third kappa shape index (κ3) is 3.32. The lowest BCUT2D eigenvalue weighted by molar-refractivity contribution is -0.131. The van der Waals surface area contributed by atoms with Gasteiger partial charge in [-0.3, -0.25) is 4.79 Å². The highest BCUT2D eigenvalue weighted by Crippen LogP contribution is 2.34. The summed E-state index contributed by atoms with van der Waals surface area (Å²) in [6, 6.07) is 0.863. The van der Waals surface area contributed by atoms with Crippen LogP contribution in [-0.4, -0.2) is 43.2 Å². The largest absolute Gasteiger partial charge is 0.378 e. The topological polar surface area (TPSA) is 55.6 Å². The molecule has 1 aromatic rings. The lowest BCUT2D eigenvalue weighted by Gasteiger charge is -2.32. The van der Waals surface area contributed by atoms with E-state index in [4.69, 9.17) is 10.5 Å². The summed E-state index contributed by atoms with van der Waals surface area (Å²) in [6.07, 6.45) is 2.32. The molecule has 130 valence electrons.